The van der Waals surface area contributed by atoms with Crippen molar-refractivity contribution in [3.63, 3.8) is 0 Å². The number of benzene rings is 2. The van der Waals surface area contributed by atoms with Crippen LogP contribution < -0.4 is 10.1 Å². The van der Waals surface area contributed by atoms with Crippen molar-refractivity contribution in [1.29, 1.82) is 0 Å². The molecule has 2 heterocycles. The van der Waals surface area contributed by atoms with Gasteiger partial charge in [0.25, 0.3) is 0 Å². The number of hydrogen-bond donors (Lipinski definition) is 1. The first-order valence-electron chi connectivity index (χ1n) is 8.58. The van der Waals surface area contributed by atoms with Gasteiger partial charge in [0.2, 0.25) is 5.91 Å². The molecule has 1 N–H and O–H groups in total. The van der Waals surface area contributed by atoms with Crippen molar-refractivity contribution in [3.05, 3.63) is 59.8 Å². The Morgan fingerprint density at radius 3 is 2.73 bits per heavy atom. The number of carbonyl (C=O) groups is 1. The minimum atomic E-state index is -0.00828. The average Bonchev–Trinajstić information content (AvgIpc) is 2.66. The summed E-state index contributed by atoms with van der Waals surface area (Å²) >= 11 is 1.42. The number of thioether (sulfide) groups is 1. The molecule has 5 nitrogen and oxygen atoms in total. The summed E-state index contributed by atoms with van der Waals surface area (Å²) in [6.45, 7) is 2.54. The summed E-state index contributed by atoms with van der Waals surface area (Å²) in [6.07, 6.45) is 0.780. The van der Waals surface area contributed by atoms with Gasteiger partial charge in [-0.3, -0.25) is 4.79 Å². The third-order valence-electron chi connectivity index (χ3n) is 4.34. The van der Waals surface area contributed by atoms with Crippen LogP contribution >= 0.6 is 11.8 Å². The van der Waals surface area contributed by atoms with Crippen molar-refractivity contribution in [2.24, 2.45) is 0 Å². The summed E-state index contributed by atoms with van der Waals surface area (Å²) in [5.74, 6) is 1.16. The van der Waals surface area contributed by atoms with Gasteiger partial charge in [-0.15, -0.1) is 0 Å². The molecule has 0 saturated heterocycles. The van der Waals surface area contributed by atoms with E-state index < -0.39 is 0 Å². The number of ether oxygens (including phenoxy) is 1. The zero-order valence-corrected chi connectivity index (χ0v) is 15.3. The summed E-state index contributed by atoms with van der Waals surface area (Å²) in [7, 11) is 0. The number of aryl methyl sites for hydroxylation is 1. The predicted molar refractivity (Wildman–Crippen MR) is 102 cm³/mol. The number of hydrogen-bond acceptors (Lipinski definition) is 5. The van der Waals surface area contributed by atoms with Crippen LogP contribution in [0.15, 0.2) is 53.6 Å². The Hall–Kier alpha value is -2.60. The zero-order valence-electron chi connectivity index (χ0n) is 14.4. The van der Waals surface area contributed by atoms with Gasteiger partial charge in [-0.05, 0) is 25.1 Å². The van der Waals surface area contributed by atoms with Crippen molar-refractivity contribution < 1.29 is 9.53 Å². The maximum absolute atomic E-state index is 12.4. The molecule has 1 aromatic heterocycles. The van der Waals surface area contributed by atoms with Crippen LogP contribution in [0.4, 0.5) is 0 Å². The first kappa shape index (κ1) is 16.8. The van der Waals surface area contributed by atoms with E-state index in [0.717, 1.165) is 39.5 Å². The minimum absolute atomic E-state index is 0.00293. The van der Waals surface area contributed by atoms with Crippen LogP contribution in [0.1, 0.15) is 23.7 Å². The molecule has 0 fully saturated rings. The Bertz CT molecular complexity index is 961. The monoisotopic (exact) mass is 365 g/mol. The van der Waals surface area contributed by atoms with Crippen molar-refractivity contribution in [2.45, 2.75) is 24.4 Å². The van der Waals surface area contributed by atoms with Gasteiger partial charge in [0.1, 0.15) is 10.8 Å². The average molecular weight is 365 g/mol. The molecule has 1 amide bonds. The van der Waals surface area contributed by atoms with Crippen molar-refractivity contribution in [1.82, 2.24) is 15.3 Å². The lowest BCUT2D eigenvalue weighted by molar-refractivity contribution is -0.119. The number of nitrogens with zero attached hydrogens (tertiary/aromatic N) is 2. The highest BCUT2D eigenvalue weighted by molar-refractivity contribution is 7.99. The van der Waals surface area contributed by atoms with Gasteiger partial charge >= 0.3 is 0 Å². The van der Waals surface area contributed by atoms with Crippen LogP contribution in [-0.2, 0) is 4.79 Å². The van der Waals surface area contributed by atoms with E-state index in [1.165, 1.54) is 11.8 Å². The quantitative estimate of drug-likeness (QED) is 0.715. The van der Waals surface area contributed by atoms with Crippen molar-refractivity contribution in [3.8, 4) is 5.75 Å². The lowest BCUT2D eigenvalue weighted by atomic mass is 10.0. The Balaban J connectivity index is 1.43. The second kappa shape index (κ2) is 7.33. The number of rotatable bonds is 4. The topological polar surface area (TPSA) is 64.1 Å². The highest BCUT2D eigenvalue weighted by atomic mass is 32.2. The third kappa shape index (κ3) is 3.51. The van der Waals surface area contributed by atoms with Crippen molar-refractivity contribution in [2.75, 3.05) is 12.4 Å². The molecule has 3 aromatic rings. The number of para-hydroxylation sites is 3. The third-order valence-corrected chi connectivity index (χ3v) is 5.40. The molecule has 0 aliphatic carbocycles. The van der Waals surface area contributed by atoms with Gasteiger partial charge in [0.15, 0.2) is 0 Å². The molecular formula is C20H19N3O2S. The van der Waals surface area contributed by atoms with Gasteiger partial charge in [0, 0.05) is 12.0 Å². The molecule has 1 aliphatic rings. The predicted octanol–water partition coefficient (Wildman–Crippen LogP) is 3.67. The van der Waals surface area contributed by atoms with E-state index in [2.05, 4.69) is 15.3 Å². The Kier molecular flexibility index (Phi) is 4.75. The largest absolute Gasteiger partial charge is 0.493 e. The molecule has 132 valence electrons. The van der Waals surface area contributed by atoms with E-state index in [1.807, 2.05) is 55.5 Å². The highest BCUT2D eigenvalue weighted by Gasteiger charge is 2.22. The summed E-state index contributed by atoms with van der Waals surface area (Å²) in [4.78, 5) is 21.6. The molecule has 0 spiro atoms. The first-order valence-corrected chi connectivity index (χ1v) is 9.56. The lowest BCUT2D eigenvalue weighted by Gasteiger charge is -2.26. The van der Waals surface area contributed by atoms with E-state index >= 15 is 0 Å². The standard InChI is InChI=1S/C20H19N3O2S/c1-13-20(23-17-8-4-3-7-16(17)21-13)26-12-19(24)22-15-10-11-25-18-9-5-2-6-14(15)18/h2-9,15H,10-12H2,1H3,(H,22,24). The molecule has 26 heavy (non-hydrogen) atoms. The van der Waals surface area contributed by atoms with E-state index in [4.69, 9.17) is 4.74 Å². The van der Waals surface area contributed by atoms with Crippen LogP contribution in [0.2, 0.25) is 0 Å². The molecule has 0 radical (unpaired) electrons. The van der Waals surface area contributed by atoms with Gasteiger partial charge in [-0.1, -0.05) is 42.1 Å². The highest BCUT2D eigenvalue weighted by Crippen LogP contribution is 2.31. The molecule has 1 unspecified atom stereocenters. The molecule has 6 heteroatoms. The maximum Gasteiger partial charge on any atom is 0.230 e. The molecule has 4 rings (SSSR count). The number of aromatic nitrogens is 2. The summed E-state index contributed by atoms with van der Waals surface area (Å²) in [6, 6.07) is 15.6. The number of fused-ring (bicyclic) bond motifs is 2. The normalized spacial score (nSPS) is 16.0. The molecular weight excluding hydrogens is 346 g/mol. The Morgan fingerprint density at radius 1 is 1.15 bits per heavy atom. The summed E-state index contributed by atoms with van der Waals surface area (Å²) < 4.78 is 5.65. The van der Waals surface area contributed by atoms with Crippen LogP contribution in [0.25, 0.3) is 11.0 Å². The molecule has 2 aromatic carbocycles. The van der Waals surface area contributed by atoms with Gasteiger partial charge in [0.05, 0.1) is 35.1 Å². The van der Waals surface area contributed by atoms with Crippen LogP contribution in [-0.4, -0.2) is 28.2 Å². The lowest BCUT2D eigenvalue weighted by Crippen LogP contribution is -2.33. The Morgan fingerprint density at radius 2 is 1.88 bits per heavy atom. The summed E-state index contributed by atoms with van der Waals surface area (Å²) in [5, 5.41) is 3.91. The number of amides is 1. The number of carbonyl (C=O) groups excluding carboxylic acids is 1. The van der Waals surface area contributed by atoms with E-state index in [1.54, 1.807) is 0 Å². The van der Waals surface area contributed by atoms with E-state index in [-0.39, 0.29) is 11.9 Å². The Labute approximate surface area is 156 Å². The van der Waals surface area contributed by atoms with Crippen LogP contribution in [0.5, 0.6) is 5.75 Å². The van der Waals surface area contributed by atoms with Gasteiger partial charge in [-0.2, -0.15) is 0 Å². The summed E-state index contributed by atoms with van der Waals surface area (Å²) in [5.41, 5.74) is 3.61. The smallest absolute Gasteiger partial charge is 0.230 e. The molecule has 1 aliphatic heterocycles. The fourth-order valence-corrected chi connectivity index (χ4v) is 3.84. The zero-order chi connectivity index (χ0) is 17.9. The second-order valence-corrected chi connectivity index (χ2v) is 7.15. The molecule has 0 bridgehead atoms. The molecule has 0 saturated carbocycles. The fourth-order valence-electron chi connectivity index (χ4n) is 3.07. The molecule has 1 atom stereocenters. The van der Waals surface area contributed by atoms with Crippen molar-refractivity contribution >= 4 is 28.7 Å². The van der Waals surface area contributed by atoms with Gasteiger partial charge < -0.3 is 10.1 Å². The number of nitrogens with one attached hydrogen (secondary N) is 1. The fraction of sp³-hybridized carbons (Fsp3) is 0.250. The second-order valence-electron chi connectivity index (χ2n) is 6.19. The maximum atomic E-state index is 12.4. The minimum Gasteiger partial charge on any atom is -0.493 e. The van der Waals surface area contributed by atoms with E-state index in [9.17, 15) is 4.79 Å². The SMILES string of the molecule is Cc1nc2ccccc2nc1SCC(=O)NC1CCOc2ccccc21. The first-order chi connectivity index (χ1) is 12.7. The van der Waals surface area contributed by atoms with Crippen LogP contribution in [0.3, 0.4) is 0 Å². The van der Waals surface area contributed by atoms with Gasteiger partial charge in [-0.25, -0.2) is 9.97 Å². The van der Waals surface area contributed by atoms with E-state index in [0.29, 0.717) is 12.4 Å². The van der Waals surface area contributed by atoms with Crippen LogP contribution in [0, 0.1) is 6.92 Å².